The van der Waals surface area contributed by atoms with Gasteiger partial charge in [-0.2, -0.15) is 0 Å². The molecule has 1 amide bonds. The van der Waals surface area contributed by atoms with Crippen LogP contribution in [-0.4, -0.2) is 20.7 Å². The minimum absolute atomic E-state index is 0.269. The molecule has 24 heavy (non-hydrogen) atoms. The Hall–Kier alpha value is -2.25. The molecule has 0 saturated carbocycles. The standard InChI is InChI=1S/C16H15ClN4O2S/c1-21-14(9-18-15(22)13-7-4-8-23-13)19-20-16(21)24-10-11-5-2-3-6-12(11)17/h2-8H,9-10H2,1H3,(H,18,22). The smallest absolute Gasteiger partial charge is 0.287 e. The molecule has 0 aliphatic heterocycles. The molecule has 3 aromatic rings. The molecule has 0 aliphatic rings. The maximum atomic E-state index is 11.9. The normalized spacial score (nSPS) is 10.8. The van der Waals surface area contributed by atoms with Crippen LogP contribution in [0.15, 0.2) is 52.2 Å². The molecule has 8 heteroatoms. The second-order valence-electron chi connectivity index (χ2n) is 5.00. The first-order valence-corrected chi connectivity index (χ1v) is 8.57. The number of aromatic nitrogens is 3. The third-order valence-corrected chi connectivity index (χ3v) is 4.83. The van der Waals surface area contributed by atoms with Crippen molar-refractivity contribution in [3.8, 4) is 0 Å². The Morgan fingerprint density at radius 3 is 2.88 bits per heavy atom. The summed E-state index contributed by atoms with van der Waals surface area (Å²) in [5.74, 6) is 1.35. The van der Waals surface area contributed by atoms with Crippen LogP contribution in [0.5, 0.6) is 0 Å². The second kappa shape index (κ2) is 7.55. The number of benzene rings is 1. The molecule has 6 nitrogen and oxygen atoms in total. The molecule has 124 valence electrons. The summed E-state index contributed by atoms with van der Waals surface area (Å²) in [5, 5.41) is 12.5. The number of hydrogen-bond acceptors (Lipinski definition) is 5. The zero-order chi connectivity index (χ0) is 16.9. The quantitative estimate of drug-likeness (QED) is 0.681. The molecule has 0 fully saturated rings. The number of carbonyl (C=O) groups excluding carboxylic acids is 1. The zero-order valence-corrected chi connectivity index (χ0v) is 14.5. The van der Waals surface area contributed by atoms with Crippen molar-refractivity contribution in [1.82, 2.24) is 20.1 Å². The number of nitrogens with one attached hydrogen (secondary N) is 1. The lowest BCUT2D eigenvalue weighted by Crippen LogP contribution is -2.24. The van der Waals surface area contributed by atoms with Crippen LogP contribution in [0.1, 0.15) is 21.9 Å². The Morgan fingerprint density at radius 1 is 1.29 bits per heavy atom. The largest absolute Gasteiger partial charge is 0.459 e. The van der Waals surface area contributed by atoms with E-state index in [1.54, 1.807) is 23.9 Å². The van der Waals surface area contributed by atoms with Crippen LogP contribution in [0, 0.1) is 0 Å². The monoisotopic (exact) mass is 362 g/mol. The molecule has 2 aromatic heterocycles. The molecule has 1 N–H and O–H groups in total. The molecule has 0 saturated heterocycles. The summed E-state index contributed by atoms with van der Waals surface area (Å²) in [4.78, 5) is 11.9. The predicted octanol–water partition coefficient (Wildman–Crippen LogP) is 3.28. The van der Waals surface area contributed by atoms with Crippen molar-refractivity contribution in [3.05, 3.63) is 64.8 Å². The Bertz CT molecular complexity index is 832. The van der Waals surface area contributed by atoms with Crippen LogP contribution in [0.2, 0.25) is 5.02 Å². The van der Waals surface area contributed by atoms with E-state index in [1.807, 2.05) is 35.9 Å². The fraction of sp³-hybridized carbons (Fsp3) is 0.188. The van der Waals surface area contributed by atoms with Gasteiger partial charge >= 0.3 is 0 Å². The maximum absolute atomic E-state index is 11.9. The Morgan fingerprint density at radius 2 is 2.12 bits per heavy atom. The van der Waals surface area contributed by atoms with Gasteiger partial charge in [-0.1, -0.05) is 41.6 Å². The lowest BCUT2D eigenvalue weighted by molar-refractivity contribution is 0.0922. The Kier molecular flexibility index (Phi) is 5.22. The molecule has 0 unspecified atom stereocenters. The third kappa shape index (κ3) is 3.80. The van der Waals surface area contributed by atoms with Gasteiger partial charge in [-0.05, 0) is 23.8 Å². The molecule has 0 aliphatic carbocycles. The summed E-state index contributed by atoms with van der Waals surface area (Å²) in [7, 11) is 1.86. The highest BCUT2D eigenvalue weighted by atomic mass is 35.5. The van der Waals surface area contributed by atoms with E-state index in [0.717, 1.165) is 15.7 Å². The number of halogens is 1. The van der Waals surface area contributed by atoms with E-state index in [4.69, 9.17) is 16.0 Å². The van der Waals surface area contributed by atoms with Crippen molar-refractivity contribution in [2.24, 2.45) is 7.05 Å². The lowest BCUT2D eigenvalue weighted by Gasteiger charge is -2.06. The van der Waals surface area contributed by atoms with Crippen molar-refractivity contribution < 1.29 is 9.21 Å². The van der Waals surface area contributed by atoms with Crippen molar-refractivity contribution in [3.63, 3.8) is 0 Å². The van der Waals surface area contributed by atoms with E-state index >= 15 is 0 Å². The van der Waals surface area contributed by atoms with Gasteiger partial charge in [0.1, 0.15) is 0 Å². The SMILES string of the molecule is Cn1c(CNC(=O)c2ccco2)nnc1SCc1ccccc1Cl. The summed E-state index contributed by atoms with van der Waals surface area (Å²) < 4.78 is 6.90. The van der Waals surface area contributed by atoms with Crippen LogP contribution >= 0.6 is 23.4 Å². The second-order valence-corrected chi connectivity index (χ2v) is 6.35. The van der Waals surface area contributed by atoms with E-state index in [0.29, 0.717) is 11.6 Å². The van der Waals surface area contributed by atoms with Crippen LogP contribution in [-0.2, 0) is 19.3 Å². The highest BCUT2D eigenvalue weighted by Crippen LogP contribution is 2.25. The van der Waals surface area contributed by atoms with E-state index in [1.165, 1.54) is 6.26 Å². The first kappa shape index (κ1) is 16.6. The highest BCUT2D eigenvalue weighted by Gasteiger charge is 2.13. The number of rotatable bonds is 6. The van der Waals surface area contributed by atoms with Crippen LogP contribution in [0.25, 0.3) is 0 Å². The van der Waals surface area contributed by atoms with Crippen LogP contribution < -0.4 is 5.32 Å². The Labute approximate surface area is 148 Å². The molecular formula is C16H15ClN4O2S. The third-order valence-electron chi connectivity index (χ3n) is 3.39. The minimum atomic E-state index is -0.284. The van der Waals surface area contributed by atoms with Gasteiger partial charge < -0.3 is 14.3 Å². The number of nitrogens with zero attached hydrogens (tertiary/aromatic N) is 3. The van der Waals surface area contributed by atoms with Crippen molar-refractivity contribution in [1.29, 1.82) is 0 Å². The minimum Gasteiger partial charge on any atom is -0.459 e. The fourth-order valence-corrected chi connectivity index (χ4v) is 3.25. The van der Waals surface area contributed by atoms with E-state index in [9.17, 15) is 4.79 Å². The average molecular weight is 363 g/mol. The average Bonchev–Trinajstić information content (AvgIpc) is 3.23. The van der Waals surface area contributed by atoms with E-state index < -0.39 is 0 Å². The van der Waals surface area contributed by atoms with Crippen LogP contribution in [0.3, 0.4) is 0 Å². The van der Waals surface area contributed by atoms with Crippen LogP contribution in [0.4, 0.5) is 0 Å². The van der Waals surface area contributed by atoms with Crippen molar-refractivity contribution >= 4 is 29.3 Å². The van der Waals surface area contributed by atoms with Gasteiger partial charge in [0.15, 0.2) is 16.7 Å². The summed E-state index contributed by atoms with van der Waals surface area (Å²) in [6.45, 7) is 0.273. The summed E-state index contributed by atoms with van der Waals surface area (Å²) in [5.41, 5.74) is 1.04. The fourth-order valence-electron chi connectivity index (χ4n) is 2.04. The number of amides is 1. The maximum Gasteiger partial charge on any atom is 0.287 e. The molecule has 3 rings (SSSR count). The lowest BCUT2D eigenvalue weighted by atomic mass is 10.2. The first-order chi connectivity index (χ1) is 11.6. The molecule has 1 aromatic carbocycles. The van der Waals surface area contributed by atoms with Gasteiger partial charge in [0.2, 0.25) is 0 Å². The topological polar surface area (TPSA) is 73.0 Å². The van der Waals surface area contributed by atoms with Gasteiger partial charge in [-0.3, -0.25) is 4.79 Å². The van der Waals surface area contributed by atoms with Crippen molar-refractivity contribution in [2.75, 3.05) is 0 Å². The zero-order valence-electron chi connectivity index (χ0n) is 12.9. The summed E-state index contributed by atoms with van der Waals surface area (Å²) in [6, 6.07) is 11.0. The van der Waals surface area contributed by atoms with Gasteiger partial charge in [0.25, 0.3) is 5.91 Å². The van der Waals surface area contributed by atoms with Crippen molar-refractivity contribution in [2.45, 2.75) is 17.5 Å². The summed E-state index contributed by atoms with van der Waals surface area (Å²) in [6.07, 6.45) is 1.46. The van der Waals surface area contributed by atoms with Gasteiger partial charge in [-0.25, -0.2) is 0 Å². The Balaban J connectivity index is 1.59. The molecule has 0 radical (unpaired) electrons. The highest BCUT2D eigenvalue weighted by molar-refractivity contribution is 7.98. The number of thioether (sulfide) groups is 1. The van der Waals surface area contributed by atoms with Gasteiger partial charge in [0, 0.05) is 17.8 Å². The van der Waals surface area contributed by atoms with E-state index in [2.05, 4.69) is 15.5 Å². The molecular weight excluding hydrogens is 348 g/mol. The number of furan rings is 1. The number of hydrogen-bond donors (Lipinski definition) is 1. The molecule has 0 spiro atoms. The van der Waals surface area contributed by atoms with E-state index in [-0.39, 0.29) is 18.2 Å². The van der Waals surface area contributed by atoms with Gasteiger partial charge in [0.05, 0.1) is 12.8 Å². The van der Waals surface area contributed by atoms with Gasteiger partial charge in [-0.15, -0.1) is 10.2 Å². The molecule has 0 atom stereocenters. The molecule has 0 bridgehead atoms. The first-order valence-electron chi connectivity index (χ1n) is 7.21. The predicted molar refractivity (Wildman–Crippen MR) is 91.9 cm³/mol. The molecule has 2 heterocycles. The number of carbonyl (C=O) groups is 1. The summed E-state index contributed by atoms with van der Waals surface area (Å²) >= 11 is 7.70.